The van der Waals surface area contributed by atoms with Crippen LogP contribution in [0.4, 0.5) is 0 Å². The minimum atomic E-state index is -0.495. The lowest BCUT2D eigenvalue weighted by molar-refractivity contribution is 0.978. The molecule has 0 radical (unpaired) electrons. The van der Waals surface area contributed by atoms with Crippen LogP contribution in [0.3, 0.4) is 0 Å². The molecule has 0 aliphatic heterocycles. The van der Waals surface area contributed by atoms with Gasteiger partial charge in [-0.15, -0.1) is 18.2 Å². The highest BCUT2D eigenvalue weighted by Gasteiger charge is 2.20. The molecule has 0 saturated heterocycles. The van der Waals surface area contributed by atoms with Gasteiger partial charge in [0.1, 0.15) is 0 Å². The number of hydrogen-bond acceptors (Lipinski definition) is 0. The Bertz CT molecular complexity index is 387. The maximum Gasteiger partial charge on any atom is 0.0985 e. The molecule has 0 amide bonds. The lowest BCUT2D eigenvalue weighted by atomic mass is 9.90. The van der Waals surface area contributed by atoms with Gasteiger partial charge < -0.3 is 0 Å². The van der Waals surface area contributed by atoms with Crippen molar-refractivity contribution in [1.29, 1.82) is 0 Å². The molecule has 0 fully saturated rings. The second-order valence-corrected chi connectivity index (χ2v) is 4.34. The zero-order valence-electron chi connectivity index (χ0n) is 8.44. The van der Waals surface area contributed by atoms with Gasteiger partial charge in [-0.1, -0.05) is 60.7 Å². The summed E-state index contributed by atoms with van der Waals surface area (Å²) >= 11 is 6.22. The van der Waals surface area contributed by atoms with Crippen molar-refractivity contribution in [3.8, 4) is 0 Å². The van der Waals surface area contributed by atoms with Crippen molar-refractivity contribution in [3.63, 3.8) is 0 Å². The molecule has 0 spiro atoms. The van der Waals surface area contributed by atoms with Crippen molar-refractivity contribution < 1.29 is 0 Å². The van der Waals surface area contributed by atoms with E-state index in [-0.39, 0.29) is 0 Å². The number of alkyl halides is 1. The Labute approximate surface area is 95.6 Å². The van der Waals surface area contributed by atoms with E-state index in [1.807, 2.05) is 30.4 Å². The van der Waals surface area contributed by atoms with Crippen molar-refractivity contribution in [1.82, 2.24) is 0 Å². The molecule has 76 valence electrons. The zero-order valence-corrected chi connectivity index (χ0v) is 9.19. The van der Waals surface area contributed by atoms with Gasteiger partial charge in [0.15, 0.2) is 0 Å². The van der Waals surface area contributed by atoms with Crippen LogP contribution < -0.4 is 0 Å². The van der Waals surface area contributed by atoms with E-state index in [4.69, 9.17) is 11.6 Å². The minimum absolute atomic E-state index is 0.332. The van der Waals surface area contributed by atoms with Crippen molar-refractivity contribution in [3.05, 3.63) is 72.9 Å². The van der Waals surface area contributed by atoms with E-state index >= 15 is 0 Å². The summed E-state index contributed by atoms with van der Waals surface area (Å²) in [6.45, 7) is 3.72. The van der Waals surface area contributed by atoms with E-state index in [9.17, 15) is 0 Å². The predicted molar refractivity (Wildman–Crippen MR) is 66.2 cm³/mol. The molecule has 0 heterocycles. The molecule has 0 bridgehead atoms. The Balaban J connectivity index is 2.22. The van der Waals surface area contributed by atoms with Gasteiger partial charge in [0.05, 0.1) is 4.87 Å². The first-order chi connectivity index (χ1) is 7.23. The summed E-state index contributed by atoms with van der Waals surface area (Å²) < 4.78 is 0. The summed E-state index contributed by atoms with van der Waals surface area (Å²) in [5.41, 5.74) is 1.28. The Hall–Kier alpha value is -1.27. The average Bonchev–Trinajstić information content (AvgIpc) is 2.31. The van der Waals surface area contributed by atoms with E-state index in [0.717, 1.165) is 0 Å². The van der Waals surface area contributed by atoms with Crippen molar-refractivity contribution >= 4 is 11.6 Å². The molecular weight excluding hydrogens is 204 g/mol. The third-order valence-corrected chi connectivity index (χ3v) is 3.02. The minimum Gasteiger partial charge on any atom is -0.106 e. The molecule has 0 unspecified atom stereocenters. The summed E-state index contributed by atoms with van der Waals surface area (Å²) in [6.07, 6.45) is 9.94. The van der Waals surface area contributed by atoms with Crippen LogP contribution in [0, 0.1) is 0 Å². The van der Waals surface area contributed by atoms with Crippen LogP contribution in [0.1, 0.15) is 11.5 Å². The SMILES string of the molecule is C=CC1(Cl)C=CC(c2ccccc2)C=C1. The normalized spacial score (nSPS) is 29.0. The van der Waals surface area contributed by atoms with E-state index in [0.29, 0.717) is 5.92 Å². The van der Waals surface area contributed by atoms with E-state index in [1.54, 1.807) is 6.08 Å². The molecule has 15 heavy (non-hydrogen) atoms. The standard InChI is InChI=1S/C14H13Cl/c1-2-14(15)10-8-13(9-11-14)12-6-4-3-5-7-12/h2-11,13H,1H2. The third kappa shape index (κ3) is 2.21. The Morgan fingerprint density at radius 1 is 1.13 bits per heavy atom. The molecule has 0 atom stereocenters. The summed E-state index contributed by atoms with van der Waals surface area (Å²) in [5.74, 6) is 0.332. The van der Waals surface area contributed by atoms with Crippen LogP contribution in [0.15, 0.2) is 67.3 Å². The number of allylic oxidation sites excluding steroid dienone is 5. The number of hydrogen-bond donors (Lipinski definition) is 0. The second kappa shape index (κ2) is 4.08. The van der Waals surface area contributed by atoms with Gasteiger partial charge >= 0.3 is 0 Å². The van der Waals surface area contributed by atoms with E-state index in [2.05, 4.69) is 30.9 Å². The Morgan fingerprint density at radius 3 is 2.27 bits per heavy atom. The number of benzene rings is 1. The molecule has 0 aromatic heterocycles. The van der Waals surface area contributed by atoms with Gasteiger partial charge in [-0.2, -0.15) is 0 Å². The second-order valence-electron chi connectivity index (χ2n) is 3.69. The summed E-state index contributed by atoms with van der Waals surface area (Å²) in [5, 5.41) is 0. The molecule has 2 rings (SSSR count). The molecule has 1 heteroatoms. The molecule has 0 N–H and O–H groups in total. The van der Waals surface area contributed by atoms with Gasteiger partial charge in [-0.25, -0.2) is 0 Å². The van der Waals surface area contributed by atoms with Crippen molar-refractivity contribution in [2.75, 3.05) is 0 Å². The van der Waals surface area contributed by atoms with Crippen LogP contribution in [0.2, 0.25) is 0 Å². The third-order valence-electron chi connectivity index (χ3n) is 2.62. The highest BCUT2D eigenvalue weighted by Crippen LogP contribution is 2.30. The average molecular weight is 217 g/mol. The molecule has 1 aromatic rings. The first-order valence-electron chi connectivity index (χ1n) is 5.00. The summed E-state index contributed by atoms with van der Waals surface area (Å²) in [4.78, 5) is -0.495. The maximum absolute atomic E-state index is 6.22. The lowest BCUT2D eigenvalue weighted by Crippen LogP contribution is -2.14. The molecule has 1 aliphatic rings. The monoisotopic (exact) mass is 216 g/mol. The summed E-state index contributed by atoms with van der Waals surface area (Å²) in [7, 11) is 0. The van der Waals surface area contributed by atoms with Crippen molar-refractivity contribution in [2.24, 2.45) is 0 Å². The van der Waals surface area contributed by atoms with E-state index in [1.165, 1.54) is 5.56 Å². The fraction of sp³-hybridized carbons (Fsp3) is 0.143. The maximum atomic E-state index is 6.22. The van der Waals surface area contributed by atoms with Crippen molar-refractivity contribution in [2.45, 2.75) is 10.8 Å². The Kier molecular flexibility index (Phi) is 2.79. The number of halogens is 1. The molecule has 1 aliphatic carbocycles. The molecular formula is C14H13Cl. The van der Waals surface area contributed by atoms with Crippen LogP contribution in [-0.4, -0.2) is 4.87 Å². The highest BCUT2D eigenvalue weighted by molar-refractivity contribution is 6.28. The lowest BCUT2D eigenvalue weighted by Gasteiger charge is -2.21. The quantitative estimate of drug-likeness (QED) is 0.517. The van der Waals surface area contributed by atoms with Crippen LogP contribution >= 0.6 is 11.6 Å². The van der Waals surface area contributed by atoms with Crippen LogP contribution in [0.5, 0.6) is 0 Å². The fourth-order valence-electron chi connectivity index (χ4n) is 1.66. The van der Waals surface area contributed by atoms with E-state index < -0.39 is 4.87 Å². The first kappa shape index (κ1) is 10.3. The predicted octanol–water partition coefficient (Wildman–Crippen LogP) is 4.06. The summed E-state index contributed by atoms with van der Waals surface area (Å²) in [6, 6.07) is 10.4. The molecule has 0 saturated carbocycles. The topological polar surface area (TPSA) is 0 Å². The van der Waals surface area contributed by atoms with Gasteiger partial charge in [0, 0.05) is 5.92 Å². The van der Waals surface area contributed by atoms with Gasteiger partial charge in [0.25, 0.3) is 0 Å². The van der Waals surface area contributed by atoms with Gasteiger partial charge in [0.2, 0.25) is 0 Å². The Morgan fingerprint density at radius 2 is 1.73 bits per heavy atom. The number of rotatable bonds is 2. The fourth-order valence-corrected chi connectivity index (χ4v) is 1.80. The largest absolute Gasteiger partial charge is 0.106 e. The molecule has 0 nitrogen and oxygen atoms in total. The van der Waals surface area contributed by atoms with Gasteiger partial charge in [-0.3, -0.25) is 0 Å². The van der Waals surface area contributed by atoms with Crippen LogP contribution in [0.25, 0.3) is 0 Å². The van der Waals surface area contributed by atoms with Crippen LogP contribution in [-0.2, 0) is 0 Å². The van der Waals surface area contributed by atoms with Gasteiger partial charge in [-0.05, 0) is 5.56 Å². The highest BCUT2D eigenvalue weighted by atomic mass is 35.5. The smallest absolute Gasteiger partial charge is 0.0985 e. The first-order valence-corrected chi connectivity index (χ1v) is 5.37. The zero-order chi connectivity index (χ0) is 10.7. The molecule has 1 aromatic carbocycles.